The van der Waals surface area contributed by atoms with E-state index in [9.17, 15) is 4.57 Å². The molecule has 2 unspecified atom stereocenters. The summed E-state index contributed by atoms with van der Waals surface area (Å²) >= 11 is 0. The van der Waals surface area contributed by atoms with E-state index in [0.29, 0.717) is 5.66 Å². The van der Waals surface area contributed by atoms with Gasteiger partial charge in [0.1, 0.15) is 0 Å². The second-order valence-corrected chi connectivity index (χ2v) is 5.90. The third kappa shape index (κ3) is 1.71. The molecule has 1 aromatic rings. The van der Waals surface area contributed by atoms with E-state index < -0.39 is 7.80 Å². The smallest absolute Gasteiger partial charge is 0.0833 e. The van der Waals surface area contributed by atoms with E-state index in [1.807, 2.05) is 6.07 Å². The predicted octanol–water partition coefficient (Wildman–Crippen LogP) is 3.39. The van der Waals surface area contributed by atoms with Gasteiger partial charge in [-0.05, 0) is 37.1 Å². The number of rotatable bonds is 1. The summed E-state index contributed by atoms with van der Waals surface area (Å²) in [4.78, 5) is 0. The van der Waals surface area contributed by atoms with E-state index in [-0.39, 0.29) is 0 Å². The quantitative estimate of drug-likeness (QED) is 0.626. The molecule has 0 aromatic heterocycles. The van der Waals surface area contributed by atoms with Gasteiger partial charge in [-0.1, -0.05) is 24.3 Å². The van der Waals surface area contributed by atoms with Crippen molar-refractivity contribution in [1.82, 2.24) is 0 Å². The molecule has 0 spiro atoms. The molecule has 1 nitrogen and oxygen atoms in total. The van der Waals surface area contributed by atoms with Crippen LogP contribution in [0, 0.1) is 6.92 Å². The van der Waals surface area contributed by atoms with Gasteiger partial charge in [0.2, 0.25) is 0 Å². The lowest BCUT2D eigenvalue weighted by atomic mass is 10.0. The zero-order valence-electron chi connectivity index (χ0n) is 7.92. The summed E-state index contributed by atoms with van der Waals surface area (Å²) in [6, 6.07) is 8.34. The van der Waals surface area contributed by atoms with Crippen LogP contribution in [0.3, 0.4) is 0 Å². The van der Waals surface area contributed by atoms with Crippen molar-refractivity contribution < 1.29 is 4.57 Å². The van der Waals surface area contributed by atoms with Crippen LogP contribution in [0.2, 0.25) is 0 Å². The Hall–Kier alpha value is -0.550. The molecular weight excluding hydrogens is 179 g/mol. The van der Waals surface area contributed by atoms with Crippen LogP contribution in [0.5, 0.6) is 0 Å². The second-order valence-electron chi connectivity index (χ2n) is 3.77. The monoisotopic (exact) mass is 194 g/mol. The molecule has 2 rings (SSSR count). The average molecular weight is 194 g/mol. The Bertz CT molecular complexity index is 333. The maximum absolute atomic E-state index is 11.7. The van der Waals surface area contributed by atoms with Crippen molar-refractivity contribution >= 4 is 7.80 Å². The van der Waals surface area contributed by atoms with Crippen molar-refractivity contribution in [1.29, 1.82) is 0 Å². The first-order valence-electron chi connectivity index (χ1n) is 4.87. The van der Waals surface area contributed by atoms with Crippen LogP contribution in [0.15, 0.2) is 24.3 Å². The summed E-state index contributed by atoms with van der Waals surface area (Å²) in [5, 5.41) is 0. The highest BCUT2D eigenvalue weighted by atomic mass is 31.1. The SMILES string of the molecule is Cc1ccccc1C1CCC[PH]1=O. The Morgan fingerprint density at radius 1 is 1.38 bits per heavy atom. The van der Waals surface area contributed by atoms with Gasteiger partial charge in [0.25, 0.3) is 0 Å². The Kier molecular flexibility index (Phi) is 2.55. The Morgan fingerprint density at radius 3 is 2.77 bits per heavy atom. The van der Waals surface area contributed by atoms with Gasteiger partial charge in [0, 0.05) is 5.66 Å². The number of aryl methyl sites for hydroxylation is 1. The fourth-order valence-electron chi connectivity index (χ4n) is 2.12. The first kappa shape index (κ1) is 9.02. The molecule has 0 N–H and O–H groups in total. The van der Waals surface area contributed by atoms with Gasteiger partial charge in [-0.3, -0.25) is 0 Å². The first-order valence-corrected chi connectivity index (χ1v) is 6.56. The molecule has 1 aliphatic rings. The van der Waals surface area contributed by atoms with Crippen molar-refractivity contribution in [2.75, 3.05) is 6.16 Å². The number of benzene rings is 1. The average Bonchev–Trinajstić information content (AvgIpc) is 2.52. The zero-order chi connectivity index (χ0) is 9.26. The van der Waals surface area contributed by atoms with Gasteiger partial charge >= 0.3 is 0 Å². The molecule has 0 radical (unpaired) electrons. The van der Waals surface area contributed by atoms with Crippen molar-refractivity contribution in [3.05, 3.63) is 35.4 Å². The Labute approximate surface area is 80.0 Å². The van der Waals surface area contributed by atoms with E-state index in [2.05, 4.69) is 25.1 Å². The third-order valence-electron chi connectivity index (χ3n) is 2.87. The normalized spacial score (nSPS) is 27.8. The molecular formula is C11H15OP. The lowest BCUT2D eigenvalue weighted by Gasteiger charge is -2.11. The third-order valence-corrected chi connectivity index (χ3v) is 5.09. The van der Waals surface area contributed by atoms with Crippen molar-refractivity contribution in [2.24, 2.45) is 0 Å². The van der Waals surface area contributed by atoms with Crippen LogP contribution in [-0.2, 0) is 4.57 Å². The molecule has 1 saturated heterocycles. The van der Waals surface area contributed by atoms with E-state index in [0.717, 1.165) is 19.0 Å². The molecule has 0 bridgehead atoms. The van der Waals surface area contributed by atoms with E-state index >= 15 is 0 Å². The molecule has 70 valence electrons. The summed E-state index contributed by atoms with van der Waals surface area (Å²) in [7, 11) is -1.32. The Balaban J connectivity index is 2.34. The van der Waals surface area contributed by atoms with Crippen LogP contribution < -0.4 is 0 Å². The van der Waals surface area contributed by atoms with Gasteiger partial charge in [0.05, 0.1) is 7.80 Å². The molecule has 1 fully saturated rings. The highest BCUT2D eigenvalue weighted by Crippen LogP contribution is 2.51. The number of hydrogen-bond acceptors (Lipinski definition) is 1. The highest BCUT2D eigenvalue weighted by Gasteiger charge is 2.25. The fourth-order valence-corrected chi connectivity index (χ4v) is 4.22. The molecule has 2 heteroatoms. The minimum atomic E-state index is -1.32. The standard InChI is InChI=1S/C11H15OP/c1-9-5-2-3-6-10(9)11-7-4-8-13(11)12/h2-3,5-6,11,13H,4,7-8H2,1H3. The van der Waals surface area contributed by atoms with Gasteiger partial charge in [0.15, 0.2) is 0 Å². The van der Waals surface area contributed by atoms with Gasteiger partial charge in [-0.25, -0.2) is 0 Å². The molecule has 1 aromatic carbocycles. The van der Waals surface area contributed by atoms with Crippen molar-refractivity contribution in [3.63, 3.8) is 0 Å². The van der Waals surface area contributed by atoms with Crippen LogP contribution >= 0.6 is 7.80 Å². The molecule has 1 heterocycles. The largest absolute Gasteiger partial charge is 0.326 e. The molecule has 0 saturated carbocycles. The predicted molar refractivity (Wildman–Crippen MR) is 57.0 cm³/mol. The maximum atomic E-state index is 11.7. The summed E-state index contributed by atoms with van der Waals surface area (Å²) < 4.78 is 11.7. The van der Waals surface area contributed by atoms with Gasteiger partial charge in [-0.2, -0.15) is 0 Å². The topological polar surface area (TPSA) is 17.1 Å². The minimum absolute atomic E-state index is 0.381. The van der Waals surface area contributed by atoms with Gasteiger partial charge < -0.3 is 4.57 Å². The second kappa shape index (κ2) is 3.67. The highest BCUT2D eigenvalue weighted by molar-refractivity contribution is 7.45. The minimum Gasteiger partial charge on any atom is -0.326 e. The lowest BCUT2D eigenvalue weighted by Crippen LogP contribution is -1.91. The molecule has 13 heavy (non-hydrogen) atoms. The summed E-state index contributed by atoms with van der Waals surface area (Å²) in [6.45, 7) is 2.11. The summed E-state index contributed by atoms with van der Waals surface area (Å²) in [5.41, 5.74) is 3.00. The van der Waals surface area contributed by atoms with Crippen LogP contribution in [-0.4, -0.2) is 6.16 Å². The van der Waals surface area contributed by atoms with E-state index in [1.165, 1.54) is 11.1 Å². The number of hydrogen-bond donors (Lipinski definition) is 0. The van der Waals surface area contributed by atoms with Crippen molar-refractivity contribution in [3.8, 4) is 0 Å². The van der Waals surface area contributed by atoms with Gasteiger partial charge in [-0.15, -0.1) is 0 Å². The van der Waals surface area contributed by atoms with E-state index in [1.54, 1.807) is 0 Å². The van der Waals surface area contributed by atoms with Crippen LogP contribution in [0.25, 0.3) is 0 Å². The molecule has 0 aliphatic carbocycles. The fraction of sp³-hybridized carbons (Fsp3) is 0.455. The van der Waals surface area contributed by atoms with Crippen molar-refractivity contribution in [2.45, 2.75) is 25.4 Å². The zero-order valence-corrected chi connectivity index (χ0v) is 8.92. The Morgan fingerprint density at radius 2 is 2.15 bits per heavy atom. The lowest BCUT2D eigenvalue weighted by molar-refractivity contribution is 0.585. The van der Waals surface area contributed by atoms with Crippen LogP contribution in [0.4, 0.5) is 0 Å². The maximum Gasteiger partial charge on any atom is 0.0833 e. The molecule has 1 aliphatic heterocycles. The molecule has 0 amide bonds. The molecule has 2 atom stereocenters. The van der Waals surface area contributed by atoms with E-state index in [4.69, 9.17) is 0 Å². The first-order chi connectivity index (χ1) is 6.29. The van der Waals surface area contributed by atoms with Crippen LogP contribution in [0.1, 0.15) is 29.6 Å². The summed E-state index contributed by atoms with van der Waals surface area (Å²) in [6.07, 6.45) is 3.24. The summed E-state index contributed by atoms with van der Waals surface area (Å²) in [5.74, 6) is 0.